The van der Waals surface area contributed by atoms with Gasteiger partial charge >= 0.3 is 6.16 Å². The molecule has 5 nitrogen and oxygen atoms in total. The van der Waals surface area contributed by atoms with E-state index in [1.807, 2.05) is 0 Å². The minimum absolute atomic E-state index is 0.163. The predicted molar refractivity (Wildman–Crippen MR) is 73.5 cm³/mol. The van der Waals surface area contributed by atoms with E-state index >= 15 is 0 Å². The molecule has 114 valence electrons. The van der Waals surface area contributed by atoms with Crippen molar-refractivity contribution < 1.29 is 23.9 Å². The molecule has 0 bridgehead atoms. The van der Waals surface area contributed by atoms with Crippen LogP contribution in [0, 0.1) is 17.8 Å². The number of carbonyl (C=O) groups excluding carboxylic acids is 3. The molecule has 0 radical (unpaired) electrons. The summed E-state index contributed by atoms with van der Waals surface area (Å²) in [6.45, 7) is 0.337. The molecular formula is C16H20O5. The lowest BCUT2D eigenvalue weighted by Crippen LogP contribution is -2.29. The van der Waals surface area contributed by atoms with Crippen LogP contribution in [0.2, 0.25) is 0 Å². The number of fused-ring (bicyclic) bond motifs is 1. The molecule has 1 unspecified atom stereocenters. The van der Waals surface area contributed by atoms with Crippen LogP contribution in [-0.4, -0.2) is 30.4 Å². The second kappa shape index (κ2) is 6.00. The fraction of sp³-hybridized carbons (Fsp3) is 0.688. The number of ketones is 2. The van der Waals surface area contributed by atoms with E-state index in [1.165, 1.54) is 0 Å². The van der Waals surface area contributed by atoms with Crippen LogP contribution in [0.1, 0.15) is 38.5 Å². The van der Waals surface area contributed by atoms with Gasteiger partial charge in [0.15, 0.2) is 11.6 Å². The number of hydrogen-bond acceptors (Lipinski definition) is 5. The SMILES string of the molecule is O=C(OCC1[C@H]2CC/C=C\CC[C@@H]12)OC1C(=O)CCC1=O. The van der Waals surface area contributed by atoms with Crippen molar-refractivity contribution in [1.29, 1.82) is 0 Å². The van der Waals surface area contributed by atoms with Crippen LogP contribution < -0.4 is 0 Å². The normalized spacial score (nSPS) is 33.8. The lowest BCUT2D eigenvalue weighted by atomic mass is 10.1. The fourth-order valence-electron chi connectivity index (χ4n) is 3.56. The molecule has 0 heterocycles. The van der Waals surface area contributed by atoms with E-state index in [1.54, 1.807) is 0 Å². The zero-order valence-corrected chi connectivity index (χ0v) is 12.0. The van der Waals surface area contributed by atoms with Gasteiger partial charge in [-0.3, -0.25) is 9.59 Å². The Morgan fingerprint density at radius 3 is 2.19 bits per heavy atom. The van der Waals surface area contributed by atoms with E-state index in [9.17, 15) is 14.4 Å². The summed E-state index contributed by atoms with van der Waals surface area (Å²) in [6.07, 6.45) is 7.12. The standard InChI is InChI=1S/C16H20O5/c17-13-7-8-14(18)15(13)21-16(19)20-9-12-10-5-3-1-2-4-6-11(10)12/h1-2,10-12,15H,3-9H2/b2-1-/t10-,11+,12?. The molecular weight excluding hydrogens is 272 g/mol. The Morgan fingerprint density at radius 2 is 1.62 bits per heavy atom. The molecule has 0 amide bonds. The van der Waals surface area contributed by atoms with Crippen LogP contribution in [0.4, 0.5) is 4.79 Å². The predicted octanol–water partition coefficient (Wildman–Crippen LogP) is 2.43. The highest BCUT2D eigenvalue weighted by Crippen LogP contribution is 2.52. The zero-order valence-electron chi connectivity index (χ0n) is 12.0. The Balaban J connectivity index is 1.42. The van der Waals surface area contributed by atoms with Gasteiger partial charge in [-0.25, -0.2) is 4.79 Å². The van der Waals surface area contributed by atoms with Gasteiger partial charge in [-0.2, -0.15) is 0 Å². The maximum Gasteiger partial charge on any atom is 0.509 e. The second-order valence-electron chi connectivity index (χ2n) is 6.11. The maximum atomic E-state index is 11.6. The average Bonchev–Trinajstić information content (AvgIpc) is 2.98. The highest BCUT2D eigenvalue weighted by atomic mass is 16.7. The smallest absolute Gasteiger partial charge is 0.434 e. The number of hydrogen-bond donors (Lipinski definition) is 0. The molecule has 0 aliphatic heterocycles. The van der Waals surface area contributed by atoms with Crippen molar-refractivity contribution in [2.24, 2.45) is 17.8 Å². The Hall–Kier alpha value is -1.65. The van der Waals surface area contributed by atoms with Crippen molar-refractivity contribution in [2.45, 2.75) is 44.6 Å². The molecule has 5 heteroatoms. The lowest BCUT2D eigenvalue weighted by molar-refractivity contribution is -0.134. The highest BCUT2D eigenvalue weighted by molar-refractivity contribution is 6.12. The molecule has 21 heavy (non-hydrogen) atoms. The fourth-order valence-corrected chi connectivity index (χ4v) is 3.56. The van der Waals surface area contributed by atoms with Gasteiger partial charge in [-0.05, 0) is 43.4 Å². The molecule has 0 saturated heterocycles. The molecule has 2 saturated carbocycles. The van der Waals surface area contributed by atoms with Crippen molar-refractivity contribution in [3.8, 4) is 0 Å². The van der Waals surface area contributed by atoms with Crippen molar-refractivity contribution in [1.82, 2.24) is 0 Å². The quantitative estimate of drug-likeness (QED) is 0.454. The second-order valence-corrected chi connectivity index (χ2v) is 6.11. The molecule has 2 fully saturated rings. The molecule has 0 aromatic rings. The Kier molecular flexibility index (Phi) is 4.08. The summed E-state index contributed by atoms with van der Waals surface area (Å²) in [5.41, 5.74) is 0. The minimum Gasteiger partial charge on any atom is -0.434 e. The first-order valence-corrected chi connectivity index (χ1v) is 7.70. The Labute approximate surface area is 123 Å². The van der Waals surface area contributed by atoms with Gasteiger partial charge in [0.25, 0.3) is 0 Å². The molecule has 3 aliphatic rings. The largest absolute Gasteiger partial charge is 0.509 e. The van der Waals surface area contributed by atoms with Crippen LogP contribution in [0.15, 0.2) is 12.2 Å². The van der Waals surface area contributed by atoms with E-state index < -0.39 is 12.3 Å². The van der Waals surface area contributed by atoms with E-state index in [2.05, 4.69) is 12.2 Å². The van der Waals surface area contributed by atoms with Crippen molar-refractivity contribution in [3.63, 3.8) is 0 Å². The van der Waals surface area contributed by atoms with Gasteiger partial charge < -0.3 is 9.47 Å². The zero-order chi connectivity index (χ0) is 14.8. The summed E-state index contributed by atoms with van der Waals surface area (Å²) >= 11 is 0. The Morgan fingerprint density at radius 1 is 1.05 bits per heavy atom. The molecule has 3 rings (SSSR count). The monoisotopic (exact) mass is 292 g/mol. The molecule has 3 atom stereocenters. The van der Waals surface area contributed by atoms with Gasteiger partial charge in [0, 0.05) is 12.8 Å². The first-order chi connectivity index (χ1) is 10.2. The topological polar surface area (TPSA) is 69.7 Å². The number of carbonyl (C=O) groups is 3. The minimum atomic E-state index is -1.23. The number of allylic oxidation sites excluding steroid dienone is 2. The summed E-state index contributed by atoms with van der Waals surface area (Å²) in [5.74, 6) is 1.04. The first kappa shape index (κ1) is 14.3. The molecule has 0 aromatic carbocycles. The summed E-state index contributed by atoms with van der Waals surface area (Å²) < 4.78 is 9.96. The average molecular weight is 292 g/mol. The van der Waals surface area contributed by atoms with Gasteiger partial charge in [0.2, 0.25) is 6.10 Å². The van der Waals surface area contributed by atoms with Gasteiger partial charge in [-0.1, -0.05) is 12.2 Å². The van der Waals surface area contributed by atoms with E-state index in [0.717, 1.165) is 25.7 Å². The van der Waals surface area contributed by atoms with Crippen LogP contribution in [-0.2, 0) is 19.1 Å². The van der Waals surface area contributed by atoms with Gasteiger partial charge in [0.05, 0.1) is 6.61 Å². The summed E-state index contributed by atoms with van der Waals surface area (Å²) in [6, 6.07) is 0. The third kappa shape index (κ3) is 3.17. The highest BCUT2D eigenvalue weighted by Gasteiger charge is 2.49. The lowest BCUT2D eigenvalue weighted by Gasteiger charge is -2.09. The summed E-state index contributed by atoms with van der Waals surface area (Å²) in [5, 5.41) is 0. The van der Waals surface area contributed by atoms with Crippen LogP contribution >= 0.6 is 0 Å². The van der Waals surface area contributed by atoms with Crippen LogP contribution in [0.25, 0.3) is 0 Å². The third-order valence-electron chi connectivity index (χ3n) is 4.82. The van der Waals surface area contributed by atoms with Crippen LogP contribution in [0.3, 0.4) is 0 Å². The third-order valence-corrected chi connectivity index (χ3v) is 4.82. The van der Waals surface area contributed by atoms with Crippen LogP contribution in [0.5, 0.6) is 0 Å². The molecule has 0 aromatic heterocycles. The van der Waals surface area contributed by atoms with E-state index in [0.29, 0.717) is 24.4 Å². The molecule has 0 N–H and O–H groups in total. The van der Waals surface area contributed by atoms with Crippen molar-refractivity contribution in [2.75, 3.05) is 6.61 Å². The Bertz CT molecular complexity index is 449. The van der Waals surface area contributed by atoms with Gasteiger partial charge in [-0.15, -0.1) is 0 Å². The first-order valence-electron chi connectivity index (χ1n) is 7.70. The van der Waals surface area contributed by atoms with E-state index in [-0.39, 0.29) is 24.4 Å². The number of ether oxygens (including phenoxy) is 2. The molecule has 0 spiro atoms. The summed E-state index contributed by atoms with van der Waals surface area (Å²) in [4.78, 5) is 34.4. The number of Topliss-reactive ketones (excluding diaryl/α,β-unsaturated/α-hetero) is 2. The van der Waals surface area contributed by atoms with E-state index in [4.69, 9.17) is 9.47 Å². The van der Waals surface area contributed by atoms with Crippen molar-refractivity contribution in [3.05, 3.63) is 12.2 Å². The summed E-state index contributed by atoms with van der Waals surface area (Å²) in [7, 11) is 0. The van der Waals surface area contributed by atoms with Crippen molar-refractivity contribution >= 4 is 17.7 Å². The maximum absolute atomic E-state index is 11.6. The number of rotatable bonds is 3. The van der Waals surface area contributed by atoms with Gasteiger partial charge in [0.1, 0.15) is 0 Å². The molecule has 3 aliphatic carbocycles.